The fourth-order valence-electron chi connectivity index (χ4n) is 3.38. The first kappa shape index (κ1) is 15.1. The summed E-state index contributed by atoms with van der Waals surface area (Å²) in [7, 11) is -0.198. The lowest BCUT2D eigenvalue weighted by Gasteiger charge is -2.55. The monoisotopic (exact) mass is 277 g/mol. The highest BCUT2D eigenvalue weighted by Crippen LogP contribution is 2.33. The molecule has 0 N–H and O–H groups in total. The summed E-state index contributed by atoms with van der Waals surface area (Å²) in [5.74, 6) is 0. The van der Waals surface area contributed by atoms with Crippen LogP contribution >= 0.6 is 0 Å². The molecule has 0 unspecified atom stereocenters. The molecular weight excluding hydrogens is 249 g/mol. The summed E-state index contributed by atoms with van der Waals surface area (Å²) in [4.78, 5) is 0. The Balaban J connectivity index is 5.54. The molecule has 0 rings (SSSR count). The Kier molecular flexibility index (Phi) is 4.13. The lowest BCUT2D eigenvalue weighted by atomic mass is 11.8. The molecule has 0 aliphatic rings. The van der Waals surface area contributed by atoms with Crippen LogP contribution in [-0.4, -0.2) is 38.7 Å². The molecule has 1 radical (unpaired) electrons. The maximum atomic E-state index is 2.64. The van der Waals surface area contributed by atoms with Crippen molar-refractivity contribution < 1.29 is 0 Å². The highest BCUT2D eigenvalue weighted by molar-refractivity contribution is 8.00. The second-order valence-electron chi connectivity index (χ2n) is 7.66. The summed E-state index contributed by atoms with van der Waals surface area (Å²) < 4.78 is 0. The summed E-state index contributed by atoms with van der Waals surface area (Å²) in [5.41, 5.74) is 0. The first-order valence-corrected chi connectivity index (χ1v) is 23.4. The van der Waals surface area contributed by atoms with Crippen molar-refractivity contribution in [1.82, 2.24) is 0 Å². The minimum Gasteiger partial charge on any atom is -0.0721 e. The minimum atomic E-state index is -0.910. The van der Waals surface area contributed by atoms with Crippen molar-refractivity contribution in [1.29, 1.82) is 0 Å². The molecule has 0 aliphatic heterocycles. The lowest BCUT2D eigenvalue weighted by molar-refractivity contribution is 1.76. The van der Waals surface area contributed by atoms with E-state index in [-0.39, 0.29) is 0 Å². The molecule has 0 bridgehead atoms. The third-order valence-corrected chi connectivity index (χ3v) is 104. The van der Waals surface area contributed by atoms with Crippen LogP contribution in [0.1, 0.15) is 0 Å². The Morgan fingerprint density at radius 3 is 0.643 bits per heavy atom. The van der Waals surface area contributed by atoms with Crippen LogP contribution in [0.5, 0.6) is 0 Å². The van der Waals surface area contributed by atoms with Crippen molar-refractivity contribution in [2.45, 2.75) is 58.9 Å². The normalized spacial score (nSPS) is 15.9. The fraction of sp³-hybridized carbons (Fsp3) is 1.00. The van der Waals surface area contributed by atoms with Crippen LogP contribution in [0.4, 0.5) is 0 Å². The van der Waals surface area contributed by atoms with E-state index in [0.717, 1.165) is 0 Å². The van der Waals surface area contributed by atoms with E-state index in [0.29, 0.717) is 0 Å². The van der Waals surface area contributed by atoms with Gasteiger partial charge in [-0.25, -0.2) is 0 Å². The van der Waals surface area contributed by atoms with Crippen molar-refractivity contribution >= 4 is 38.7 Å². The number of hydrogen-bond donors (Lipinski definition) is 0. The standard InChI is InChI=1S/C9H29Si5/c1-11(2,3)14(10,12(4,5)6)13(7,8)9/h10H2,1-9H3. The number of hydrogen-bond acceptors (Lipinski definition) is 0. The third-order valence-electron chi connectivity index (χ3n) is 3.84. The third kappa shape index (κ3) is 2.42. The first-order valence-electron chi connectivity index (χ1n) is 5.60. The Bertz CT molecular complexity index is 167. The van der Waals surface area contributed by atoms with E-state index in [2.05, 4.69) is 68.7 Å². The van der Waals surface area contributed by atoms with Crippen molar-refractivity contribution in [3.05, 3.63) is 0 Å². The van der Waals surface area contributed by atoms with Gasteiger partial charge < -0.3 is 0 Å². The van der Waals surface area contributed by atoms with Gasteiger partial charge in [-0.05, 0) is 9.76 Å². The van der Waals surface area contributed by atoms with E-state index in [1.54, 1.807) is 0 Å². The molecule has 0 aromatic carbocycles. The zero-order valence-corrected chi connectivity index (χ0v) is 17.1. The minimum absolute atomic E-state index is 0.907. The van der Waals surface area contributed by atoms with Crippen LogP contribution in [0.3, 0.4) is 0 Å². The molecule has 85 valence electrons. The zero-order valence-electron chi connectivity index (χ0n) is 11.7. The number of rotatable bonds is 3. The molecule has 0 nitrogen and oxygen atoms in total. The predicted octanol–water partition coefficient (Wildman–Crippen LogP) is 2.81. The first-order chi connectivity index (χ1) is 5.75. The molecule has 5 heteroatoms. The molecular formula is C9H29Si5. The maximum Gasteiger partial charge on any atom is 0.0304 e. The lowest BCUT2D eigenvalue weighted by Crippen LogP contribution is -2.83. The van der Waals surface area contributed by atoms with Crippen molar-refractivity contribution in [3.63, 3.8) is 0 Å². The van der Waals surface area contributed by atoms with E-state index in [4.69, 9.17) is 0 Å². The summed E-state index contributed by atoms with van der Waals surface area (Å²) in [6.07, 6.45) is -0.910. The average Bonchev–Trinajstić information content (AvgIpc) is 1.77. The molecule has 0 saturated carbocycles. The van der Waals surface area contributed by atoms with E-state index in [1.807, 2.05) is 0 Å². The van der Waals surface area contributed by atoms with Gasteiger partial charge in [-0.15, -0.1) is 0 Å². The van der Waals surface area contributed by atoms with Gasteiger partial charge in [0.25, 0.3) is 0 Å². The second kappa shape index (κ2) is 3.83. The van der Waals surface area contributed by atoms with Gasteiger partial charge in [0.1, 0.15) is 0 Å². The molecule has 0 saturated heterocycles. The average molecular weight is 278 g/mol. The van der Waals surface area contributed by atoms with Crippen LogP contribution in [0, 0.1) is 0 Å². The van der Waals surface area contributed by atoms with Gasteiger partial charge in [0.2, 0.25) is 0 Å². The van der Waals surface area contributed by atoms with Gasteiger partial charge >= 0.3 is 0 Å². The fourth-order valence-corrected chi connectivity index (χ4v) is 91.1. The molecule has 0 fully saturated rings. The Labute approximate surface area is 97.5 Å². The quantitative estimate of drug-likeness (QED) is 0.696. The second-order valence-corrected chi connectivity index (χ2v) is 58.2. The summed E-state index contributed by atoms with van der Waals surface area (Å²) in [5, 5.41) is 0. The van der Waals surface area contributed by atoms with Crippen molar-refractivity contribution in [3.8, 4) is 0 Å². The van der Waals surface area contributed by atoms with Crippen LogP contribution in [0.25, 0.3) is 0 Å². The topological polar surface area (TPSA) is 0 Å². The zero-order chi connectivity index (χ0) is 12.0. The van der Waals surface area contributed by atoms with E-state index in [1.165, 1.54) is 0 Å². The molecule has 0 aromatic heterocycles. The molecule has 0 atom stereocenters. The van der Waals surface area contributed by atoms with Crippen LogP contribution in [0.2, 0.25) is 58.9 Å². The molecule has 0 aliphatic carbocycles. The van der Waals surface area contributed by atoms with Gasteiger partial charge in [0.15, 0.2) is 0 Å². The smallest absolute Gasteiger partial charge is 0.0304 e. The van der Waals surface area contributed by atoms with Crippen LogP contribution in [0.15, 0.2) is 0 Å². The van der Waals surface area contributed by atoms with Gasteiger partial charge in [-0.1, -0.05) is 58.9 Å². The summed E-state index contributed by atoms with van der Waals surface area (Å²) >= 11 is 0. The van der Waals surface area contributed by atoms with Gasteiger partial charge in [0.05, 0.1) is 0 Å². The molecule has 0 aromatic rings. The SMILES string of the molecule is C[Si](C)(C)[Si]([SiH2])([Si](C)(C)C)[Si](C)(C)C. The highest BCUT2D eigenvalue weighted by Gasteiger charge is 2.57. The Morgan fingerprint density at radius 1 is 0.500 bits per heavy atom. The Morgan fingerprint density at radius 2 is 0.643 bits per heavy atom. The molecule has 14 heavy (non-hydrogen) atoms. The van der Waals surface area contributed by atoms with E-state index >= 15 is 0 Å². The van der Waals surface area contributed by atoms with E-state index < -0.39 is 28.9 Å². The summed E-state index contributed by atoms with van der Waals surface area (Å²) in [6, 6.07) is 0. The molecule has 0 heterocycles. The Hall–Kier alpha value is 1.08. The van der Waals surface area contributed by atoms with Crippen molar-refractivity contribution in [2.24, 2.45) is 0 Å². The van der Waals surface area contributed by atoms with Gasteiger partial charge in [-0.2, -0.15) is 0 Å². The predicted molar refractivity (Wildman–Crippen MR) is 84.3 cm³/mol. The van der Waals surface area contributed by atoms with Gasteiger partial charge in [0, 0.05) is 28.9 Å². The maximum absolute atomic E-state index is 2.64. The van der Waals surface area contributed by atoms with Crippen LogP contribution in [-0.2, 0) is 0 Å². The van der Waals surface area contributed by atoms with Crippen LogP contribution < -0.4 is 0 Å². The van der Waals surface area contributed by atoms with Gasteiger partial charge in [-0.3, -0.25) is 0 Å². The highest BCUT2D eigenvalue weighted by atomic mass is 30.2. The molecule has 0 spiro atoms. The van der Waals surface area contributed by atoms with E-state index in [9.17, 15) is 0 Å². The van der Waals surface area contributed by atoms with Crippen molar-refractivity contribution in [2.75, 3.05) is 0 Å². The summed E-state index contributed by atoms with van der Waals surface area (Å²) in [6.45, 7) is 23.8. The molecule has 0 amide bonds. The largest absolute Gasteiger partial charge is 0.0721 e.